The minimum Gasteiger partial charge on any atom is -0.368 e. The summed E-state index contributed by atoms with van der Waals surface area (Å²) in [6, 6.07) is 9.07. The lowest BCUT2D eigenvalue weighted by Gasteiger charge is -2.30. The number of anilines is 1. The van der Waals surface area contributed by atoms with Crippen molar-refractivity contribution in [1.29, 1.82) is 0 Å². The van der Waals surface area contributed by atoms with E-state index in [0.29, 0.717) is 5.41 Å². The molecule has 0 spiro atoms. The second-order valence-corrected chi connectivity index (χ2v) is 8.61. The first-order valence-electron chi connectivity index (χ1n) is 9.47. The fourth-order valence-electron chi connectivity index (χ4n) is 4.09. The summed E-state index contributed by atoms with van der Waals surface area (Å²) in [5, 5.41) is 4.85. The number of nitrogens with one attached hydrogen (secondary N) is 1. The molecule has 3 nitrogen and oxygen atoms in total. The third kappa shape index (κ3) is 4.13. The van der Waals surface area contributed by atoms with Crippen LogP contribution in [0.2, 0.25) is 0 Å². The number of fused-ring (bicyclic) bond motifs is 1. The first-order valence-corrected chi connectivity index (χ1v) is 9.47. The van der Waals surface area contributed by atoms with Gasteiger partial charge in [0.05, 0.1) is 5.52 Å². The fourth-order valence-corrected chi connectivity index (χ4v) is 4.09. The lowest BCUT2D eigenvalue weighted by Crippen LogP contribution is -2.43. The van der Waals surface area contributed by atoms with Crippen LogP contribution in [0.25, 0.3) is 10.9 Å². The number of benzene rings is 1. The molecule has 2 aromatic rings. The van der Waals surface area contributed by atoms with Gasteiger partial charge in [-0.05, 0) is 42.4 Å². The van der Waals surface area contributed by atoms with E-state index in [9.17, 15) is 0 Å². The molecule has 24 heavy (non-hydrogen) atoms. The Hall–Kier alpha value is -1.48. The van der Waals surface area contributed by atoms with E-state index in [1.807, 2.05) is 0 Å². The summed E-state index contributed by atoms with van der Waals surface area (Å²) in [4.78, 5) is 2.52. The molecule has 1 aliphatic rings. The Labute approximate surface area is 147 Å². The maximum absolute atomic E-state index is 3.44. The van der Waals surface area contributed by atoms with Gasteiger partial charge in [-0.25, -0.2) is 0 Å². The van der Waals surface area contributed by atoms with Crippen LogP contribution in [0.5, 0.6) is 0 Å². The largest absolute Gasteiger partial charge is 0.368 e. The van der Waals surface area contributed by atoms with E-state index >= 15 is 0 Å². The zero-order chi connectivity index (χ0) is 17.2. The van der Waals surface area contributed by atoms with Crippen LogP contribution in [0.4, 0.5) is 5.69 Å². The highest BCUT2D eigenvalue weighted by Gasteiger charge is 2.17. The van der Waals surface area contributed by atoms with Gasteiger partial charge in [-0.15, -0.1) is 0 Å². The first kappa shape index (κ1) is 17.3. The van der Waals surface area contributed by atoms with Gasteiger partial charge in [-0.2, -0.15) is 0 Å². The lowest BCUT2D eigenvalue weighted by molar-refractivity contribution is 0.290. The molecule has 0 radical (unpaired) electrons. The van der Waals surface area contributed by atoms with E-state index < -0.39 is 0 Å². The van der Waals surface area contributed by atoms with Crippen molar-refractivity contribution in [3.63, 3.8) is 0 Å². The van der Waals surface area contributed by atoms with E-state index in [0.717, 1.165) is 38.6 Å². The number of hydrogen-bond donors (Lipinski definition) is 1. The summed E-state index contributed by atoms with van der Waals surface area (Å²) >= 11 is 0. The van der Waals surface area contributed by atoms with E-state index in [1.165, 1.54) is 29.4 Å². The first-order chi connectivity index (χ1) is 11.4. The molecule has 1 aliphatic heterocycles. The van der Waals surface area contributed by atoms with Crippen molar-refractivity contribution >= 4 is 16.6 Å². The Morgan fingerprint density at radius 3 is 2.58 bits per heavy atom. The number of piperazine rings is 1. The minimum absolute atomic E-state index is 0.424. The van der Waals surface area contributed by atoms with Crippen LogP contribution in [0, 0.1) is 11.3 Å². The Balaban J connectivity index is 1.73. The van der Waals surface area contributed by atoms with E-state index in [4.69, 9.17) is 0 Å². The average molecular weight is 328 g/mol. The maximum atomic E-state index is 3.44. The van der Waals surface area contributed by atoms with Crippen molar-refractivity contribution in [3.05, 3.63) is 30.5 Å². The molecule has 0 saturated carbocycles. The summed E-state index contributed by atoms with van der Waals surface area (Å²) in [5.74, 6) is 0.763. The molecule has 3 heteroatoms. The number of rotatable bonds is 5. The van der Waals surface area contributed by atoms with Crippen LogP contribution >= 0.6 is 0 Å². The third-order valence-electron chi connectivity index (χ3n) is 5.07. The zero-order valence-corrected chi connectivity index (χ0v) is 15.8. The number of aryl methyl sites for hydroxylation is 1. The Morgan fingerprint density at radius 1 is 1.12 bits per heavy atom. The second kappa shape index (κ2) is 7.18. The van der Waals surface area contributed by atoms with Crippen molar-refractivity contribution in [2.24, 2.45) is 11.3 Å². The highest BCUT2D eigenvalue weighted by atomic mass is 15.2. The van der Waals surface area contributed by atoms with Crippen LogP contribution in [0.15, 0.2) is 30.5 Å². The van der Waals surface area contributed by atoms with Gasteiger partial charge >= 0.3 is 0 Å². The molecule has 1 N–H and O–H groups in total. The topological polar surface area (TPSA) is 20.2 Å². The van der Waals surface area contributed by atoms with E-state index in [-0.39, 0.29) is 0 Å². The average Bonchev–Trinajstić information content (AvgIpc) is 2.95. The molecule has 1 atom stereocenters. The molecule has 132 valence electrons. The molecule has 1 fully saturated rings. The number of aromatic nitrogens is 1. The third-order valence-corrected chi connectivity index (χ3v) is 5.07. The fraction of sp³-hybridized carbons (Fsp3) is 0.619. The van der Waals surface area contributed by atoms with Crippen molar-refractivity contribution < 1.29 is 0 Å². The lowest BCUT2D eigenvalue weighted by atomic mass is 9.84. The molecule has 1 saturated heterocycles. The maximum Gasteiger partial charge on any atom is 0.0501 e. The summed E-state index contributed by atoms with van der Waals surface area (Å²) in [7, 11) is 0. The smallest absolute Gasteiger partial charge is 0.0501 e. The minimum atomic E-state index is 0.424. The normalized spacial score (nSPS) is 17.4. The molecule has 0 aliphatic carbocycles. The summed E-state index contributed by atoms with van der Waals surface area (Å²) < 4.78 is 2.44. The quantitative estimate of drug-likeness (QED) is 0.871. The standard InChI is InChI=1S/C21H33N3/c1-17(16-21(2,3)4)8-12-23-13-9-18-19(23)6-5-7-20(18)24-14-10-22-11-15-24/h5-7,9,13,17,22H,8,10-12,14-16H2,1-4H3. The van der Waals surface area contributed by atoms with Crippen molar-refractivity contribution in [1.82, 2.24) is 9.88 Å². The predicted octanol–water partition coefficient (Wildman–Crippen LogP) is 4.51. The molecule has 1 aromatic heterocycles. The summed E-state index contributed by atoms with van der Waals surface area (Å²) in [5.41, 5.74) is 3.21. The van der Waals surface area contributed by atoms with Gasteiger partial charge in [0.1, 0.15) is 0 Å². The van der Waals surface area contributed by atoms with Crippen LogP contribution in [0.1, 0.15) is 40.5 Å². The van der Waals surface area contributed by atoms with Crippen molar-refractivity contribution in [2.45, 2.75) is 47.1 Å². The van der Waals surface area contributed by atoms with Crippen molar-refractivity contribution in [2.75, 3.05) is 31.1 Å². The number of nitrogens with zero attached hydrogens (tertiary/aromatic N) is 2. The molecular formula is C21H33N3. The molecule has 3 rings (SSSR count). The van der Waals surface area contributed by atoms with Gasteiger partial charge in [-0.1, -0.05) is 33.8 Å². The van der Waals surface area contributed by atoms with E-state index in [2.05, 4.69) is 72.9 Å². The molecule has 0 amide bonds. The monoisotopic (exact) mass is 327 g/mol. The van der Waals surface area contributed by atoms with Crippen LogP contribution in [-0.4, -0.2) is 30.7 Å². The number of hydrogen-bond acceptors (Lipinski definition) is 2. The SMILES string of the molecule is CC(CCn1ccc2c(N3CCNCC3)cccc21)CC(C)(C)C. The Bertz CT molecular complexity index is 659. The van der Waals surface area contributed by atoms with Gasteiger partial charge in [0.15, 0.2) is 0 Å². The molecule has 2 heterocycles. The zero-order valence-electron chi connectivity index (χ0n) is 15.8. The summed E-state index contributed by atoms with van der Waals surface area (Å²) in [6.45, 7) is 14.9. The second-order valence-electron chi connectivity index (χ2n) is 8.61. The Morgan fingerprint density at radius 2 is 1.88 bits per heavy atom. The Kier molecular flexibility index (Phi) is 5.19. The molecule has 1 aromatic carbocycles. The van der Waals surface area contributed by atoms with Gasteiger partial charge in [0.25, 0.3) is 0 Å². The van der Waals surface area contributed by atoms with Crippen LogP contribution in [0.3, 0.4) is 0 Å². The van der Waals surface area contributed by atoms with Crippen LogP contribution in [-0.2, 0) is 6.54 Å². The highest BCUT2D eigenvalue weighted by molar-refractivity contribution is 5.93. The van der Waals surface area contributed by atoms with E-state index in [1.54, 1.807) is 0 Å². The van der Waals surface area contributed by atoms with Crippen molar-refractivity contribution in [3.8, 4) is 0 Å². The highest BCUT2D eigenvalue weighted by Crippen LogP contribution is 2.30. The summed E-state index contributed by atoms with van der Waals surface area (Å²) in [6.07, 6.45) is 4.82. The molecule has 0 bridgehead atoms. The van der Waals surface area contributed by atoms with Gasteiger partial charge in [0, 0.05) is 50.0 Å². The molecule has 1 unspecified atom stereocenters. The van der Waals surface area contributed by atoms with Crippen LogP contribution < -0.4 is 10.2 Å². The molecular weight excluding hydrogens is 294 g/mol. The van der Waals surface area contributed by atoms with Gasteiger partial charge in [0.2, 0.25) is 0 Å². The predicted molar refractivity (Wildman–Crippen MR) is 105 cm³/mol. The van der Waals surface area contributed by atoms with Gasteiger partial charge in [-0.3, -0.25) is 0 Å². The van der Waals surface area contributed by atoms with Gasteiger partial charge < -0.3 is 14.8 Å².